The average Bonchev–Trinajstić information content (AvgIpc) is 3.68. The van der Waals surface area contributed by atoms with Gasteiger partial charge in [-0.1, -0.05) is 41.9 Å². The van der Waals surface area contributed by atoms with E-state index in [0.717, 1.165) is 54.7 Å². The molecule has 0 spiro atoms. The molecule has 6 aromatic rings. The van der Waals surface area contributed by atoms with Crippen molar-refractivity contribution < 1.29 is 32.7 Å². The third kappa shape index (κ3) is 12.2. The highest BCUT2D eigenvalue weighted by Crippen LogP contribution is 2.43. The van der Waals surface area contributed by atoms with Crippen LogP contribution in [0.5, 0.6) is 0 Å². The Labute approximate surface area is 423 Å². The van der Waals surface area contributed by atoms with Crippen molar-refractivity contribution in [3.8, 4) is 22.4 Å². The number of halogens is 2. The molecule has 18 heteroatoms. The number of aromatic carboxylic acids is 1. The molecule has 4 N–H and O–H groups in total. The Hall–Kier alpha value is -6.11. The highest BCUT2D eigenvalue weighted by molar-refractivity contribution is 7.99. The van der Waals surface area contributed by atoms with Gasteiger partial charge < -0.3 is 34.8 Å². The second kappa shape index (κ2) is 22.5. The van der Waals surface area contributed by atoms with Crippen molar-refractivity contribution in [2.24, 2.45) is 5.92 Å². The number of thioether (sulfide) groups is 1. The van der Waals surface area contributed by atoms with Gasteiger partial charge in [-0.2, -0.15) is 0 Å². The number of carboxylic acid groups (broad SMARTS) is 1. The molecule has 374 valence electrons. The van der Waals surface area contributed by atoms with Crippen LogP contribution >= 0.6 is 23.4 Å². The number of nitro groups is 1. The van der Waals surface area contributed by atoms with E-state index < -0.39 is 26.7 Å². The van der Waals surface area contributed by atoms with Crippen LogP contribution in [0.15, 0.2) is 125 Å². The number of aromatic nitrogens is 1. The summed E-state index contributed by atoms with van der Waals surface area (Å²) in [6, 6.07) is 32.4. The van der Waals surface area contributed by atoms with Crippen LogP contribution in [-0.2, 0) is 10.0 Å². The van der Waals surface area contributed by atoms with Gasteiger partial charge in [-0.25, -0.2) is 17.6 Å². The zero-order valence-corrected chi connectivity index (χ0v) is 42.3. The van der Waals surface area contributed by atoms with Gasteiger partial charge in [-0.3, -0.25) is 14.8 Å². The molecule has 0 aliphatic carbocycles. The lowest BCUT2D eigenvalue weighted by Gasteiger charge is -2.37. The van der Waals surface area contributed by atoms with Crippen molar-refractivity contribution in [3.05, 3.63) is 147 Å². The minimum atomic E-state index is -4.23. The largest absolute Gasteiger partial charge is 0.478 e. The Morgan fingerprint density at radius 3 is 2.15 bits per heavy atom. The summed E-state index contributed by atoms with van der Waals surface area (Å²) in [5.41, 5.74) is 4.63. The third-order valence-corrected chi connectivity index (χ3v) is 16.2. The van der Waals surface area contributed by atoms with Crippen molar-refractivity contribution in [1.82, 2.24) is 9.47 Å². The van der Waals surface area contributed by atoms with Gasteiger partial charge in [0, 0.05) is 101 Å². The molecule has 14 nitrogen and oxygen atoms in total. The summed E-state index contributed by atoms with van der Waals surface area (Å²) in [7, 11) is -4.23. The van der Waals surface area contributed by atoms with Crippen LogP contribution in [0.2, 0.25) is 5.02 Å². The first-order valence-electron chi connectivity index (χ1n) is 23.8. The minimum absolute atomic E-state index is 0.0931. The summed E-state index contributed by atoms with van der Waals surface area (Å²) < 4.78 is 47.7. The number of nitro benzene ring substituents is 1. The van der Waals surface area contributed by atoms with E-state index in [-0.39, 0.29) is 46.2 Å². The van der Waals surface area contributed by atoms with Crippen LogP contribution in [0, 0.1) is 28.8 Å². The van der Waals surface area contributed by atoms with Gasteiger partial charge >= 0.3 is 5.97 Å². The van der Waals surface area contributed by atoms with E-state index in [9.17, 15) is 33.5 Å². The summed E-state index contributed by atoms with van der Waals surface area (Å²) in [5, 5.41) is 36.5. The van der Waals surface area contributed by atoms with Crippen molar-refractivity contribution in [3.63, 3.8) is 0 Å². The number of aliphatic hydroxyl groups is 1. The normalized spacial score (nSPS) is 15.3. The first kappa shape index (κ1) is 51.3. The maximum absolute atomic E-state index is 15.7. The fraction of sp³-hybridized carbons (Fsp3) is 0.340. The average molecular weight is 1020 g/mol. The summed E-state index contributed by atoms with van der Waals surface area (Å²) in [6.45, 7) is 10.7. The van der Waals surface area contributed by atoms with Crippen molar-refractivity contribution in [2.45, 2.75) is 61.9 Å². The van der Waals surface area contributed by atoms with Crippen LogP contribution in [-0.4, -0.2) is 103 Å². The number of rotatable bonds is 19. The van der Waals surface area contributed by atoms with Crippen LogP contribution < -0.4 is 19.8 Å². The number of nitrogens with zero attached hydrogens (tertiary/aromatic N) is 5. The van der Waals surface area contributed by atoms with Crippen molar-refractivity contribution in [1.29, 1.82) is 0 Å². The number of likely N-dealkylation sites (tertiary alicyclic amines) is 1. The molecule has 71 heavy (non-hydrogen) atoms. The maximum Gasteiger partial charge on any atom is 0.338 e. The number of piperidine rings is 1. The van der Waals surface area contributed by atoms with Gasteiger partial charge in [0.1, 0.15) is 11.5 Å². The number of hydrogen-bond acceptors (Lipinski definition) is 11. The lowest BCUT2D eigenvalue weighted by Crippen LogP contribution is -2.46. The van der Waals surface area contributed by atoms with Gasteiger partial charge in [0.25, 0.3) is 15.7 Å². The van der Waals surface area contributed by atoms with E-state index in [0.29, 0.717) is 77.5 Å². The molecule has 0 unspecified atom stereocenters. The first-order valence-corrected chi connectivity index (χ1v) is 26.7. The number of benzene rings is 5. The lowest BCUT2D eigenvalue weighted by atomic mass is 9.96. The highest BCUT2D eigenvalue weighted by atomic mass is 35.5. The molecule has 1 aromatic heterocycles. The van der Waals surface area contributed by atoms with Crippen molar-refractivity contribution in [2.75, 3.05) is 78.0 Å². The molecule has 0 bridgehead atoms. The Morgan fingerprint density at radius 1 is 0.873 bits per heavy atom. The minimum Gasteiger partial charge on any atom is -0.478 e. The van der Waals surface area contributed by atoms with Crippen LogP contribution in [0.1, 0.15) is 55.2 Å². The molecular formula is C53H59ClFN7O7S2. The van der Waals surface area contributed by atoms with E-state index >= 15 is 4.39 Å². The predicted octanol–water partition coefficient (Wildman–Crippen LogP) is 10.9. The fourth-order valence-corrected chi connectivity index (χ4v) is 11.9. The number of nitrogens with one attached hydrogen (secondary N) is 2. The van der Waals surface area contributed by atoms with Crippen molar-refractivity contribution >= 4 is 67.8 Å². The smallest absolute Gasteiger partial charge is 0.338 e. The molecule has 2 aliphatic heterocycles. The molecule has 2 saturated heterocycles. The number of aliphatic hydroxyl groups excluding tert-OH is 1. The molecule has 0 amide bonds. The van der Waals surface area contributed by atoms with Crippen LogP contribution in [0.3, 0.4) is 0 Å². The molecule has 1 atom stereocenters. The number of anilines is 4. The molecule has 3 heterocycles. The molecule has 2 fully saturated rings. The van der Waals surface area contributed by atoms with Gasteiger partial charge in [-0.15, -0.1) is 11.8 Å². The summed E-state index contributed by atoms with van der Waals surface area (Å²) >= 11 is 7.88. The number of carbonyl (C=O) groups is 1. The Morgan fingerprint density at radius 2 is 1.54 bits per heavy atom. The fourth-order valence-electron chi connectivity index (χ4n) is 9.68. The molecule has 2 aliphatic rings. The molecular weight excluding hydrogens is 965 g/mol. The Bertz CT molecular complexity index is 2940. The standard InChI is InChI=1S/C53H59ClFN7O7S2/c1-35(2)61-36(3)50(53(64)65)51(52(61)38-9-11-40(54)12-10-38)39-29-41(55)31-45(30-39)60-27-25-59(26-28-60)44-15-13-42(14-16-44)57-71(68,69)47-17-18-48(49(32-47)62(66)67)56-43(34-70-46-7-5-4-6-8-46)21-24-58-22-19-37(33-63)20-23-58/h4-18,29-32,35,37,43,56-57,63H,19-28,33-34H2,1-3H3,(H,64,65)/t43-/m1/s1. The first-order chi connectivity index (χ1) is 34.1. The van der Waals surface area contributed by atoms with Gasteiger partial charge in [-0.05, 0) is 149 Å². The summed E-state index contributed by atoms with van der Waals surface area (Å²) in [5.74, 6) is -0.647. The Balaban J connectivity index is 0.935. The molecule has 0 saturated carbocycles. The van der Waals surface area contributed by atoms with E-state index in [1.165, 1.54) is 24.3 Å². The molecule has 5 aromatic carbocycles. The zero-order chi connectivity index (χ0) is 50.4. The molecule has 8 rings (SSSR count). The maximum atomic E-state index is 15.7. The topological polar surface area (TPSA) is 174 Å². The number of hydrogen-bond donors (Lipinski definition) is 4. The second-order valence-corrected chi connectivity index (χ2v) is 21.7. The van der Waals surface area contributed by atoms with E-state index in [1.807, 2.05) is 66.9 Å². The molecule has 0 radical (unpaired) electrons. The second-order valence-electron chi connectivity index (χ2n) is 18.4. The van der Waals surface area contributed by atoms with Crippen LogP contribution in [0.25, 0.3) is 22.4 Å². The van der Waals surface area contributed by atoms with E-state index in [1.54, 1.807) is 55.1 Å². The quantitative estimate of drug-likeness (QED) is 0.0344. The highest BCUT2D eigenvalue weighted by Gasteiger charge is 2.30. The van der Waals surface area contributed by atoms with E-state index in [2.05, 4.69) is 24.7 Å². The monoisotopic (exact) mass is 1020 g/mol. The van der Waals surface area contributed by atoms with Gasteiger partial charge in [0.15, 0.2) is 0 Å². The van der Waals surface area contributed by atoms with Gasteiger partial charge in [0.2, 0.25) is 0 Å². The lowest BCUT2D eigenvalue weighted by molar-refractivity contribution is -0.384. The zero-order valence-electron chi connectivity index (χ0n) is 39.9. The van der Waals surface area contributed by atoms with Crippen LogP contribution in [0.4, 0.5) is 32.8 Å². The Kier molecular flexibility index (Phi) is 16.3. The van der Waals surface area contributed by atoms with E-state index in [4.69, 9.17) is 11.6 Å². The third-order valence-electron chi connectivity index (χ3n) is 13.4. The van der Waals surface area contributed by atoms with Gasteiger partial charge in [0.05, 0.1) is 21.1 Å². The predicted molar refractivity (Wildman–Crippen MR) is 283 cm³/mol. The number of piperazine rings is 1. The number of sulfonamides is 1. The summed E-state index contributed by atoms with van der Waals surface area (Å²) in [6.07, 6.45) is 2.56. The number of carboxylic acids is 1. The SMILES string of the molecule is Cc1c(C(=O)O)c(-c2cc(F)cc(N3CCN(c4ccc(NS(=O)(=O)c5ccc(N[C@H](CCN6CCC(CO)CC6)CSc6ccccc6)c([N+](=O)[O-])c5)cc4)CC3)c2)c(-c2ccc(Cl)cc2)n1C(C)C. The summed E-state index contributed by atoms with van der Waals surface area (Å²) in [4.78, 5) is 32.2.